The maximum absolute atomic E-state index is 13.1. The van der Waals surface area contributed by atoms with Crippen LogP contribution in [-0.2, 0) is 15.6 Å². The highest BCUT2D eigenvalue weighted by atomic mass is 32.2. The van der Waals surface area contributed by atoms with E-state index in [9.17, 15) is 18.0 Å². The van der Waals surface area contributed by atoms with Crippen molar-refractivity contribution in [3.05, 3.63) is 34.8 Å². The van der Waals surface area contributed by atoms with Crippen molar-refractivity contribution in [3.8, 4) is 0 Å². The Hall–Kier alpha value is -1.18. The Morgan fingerprint density at radius 3 is 2.60 bits per heavy atom. The van der Waals surface area contributed by atoms with Crippen LogP contribution in [0.15, 0.2) is 18.2 Å². The maximum atomic E-state index is 13.1. The minimum atomic E-state index is -3.38. The van der Waals surface area contributed by atoms with Gasteiger partial charge in [-0.25, -0.2) is 12.8 Å². The summed E-state index contributed by atoms with van der Waals surface area (Å²) in [6.45, 7) is 0. The lowest BCUT2D eigenvalue weighted by molar-refractivity contribution is 0.296. The van der Waals surface area contributed by atoms with Crippen molar-refractivity contribution >= 4 is 15.5 Å². The second-order valence-electron chi connectivity index (χ2n) is 3.12. The van der Waals surface area contributed by atoms with Crippen LogP contribution in [0.1, 0.15) is 5.56 Å². The quantitative estimate of drug-likeness (QED) is 0.791. The molecule has 84 valence electrons. The van der Waals surface area contributed by atoms with E-state index in [0.717, 1.165) is 24.5 Å². The molecular formula is C8H9FNO4S-. The van der Waals surface area contributed by atoms with Crippen LogP contribution in [0.5, 0.6) is 0 Å². The van der Waals surface area contributed by atoms with E-state index >= 15 is 0 Å². The van der Waals surface area contributed by atoms with Gasteiger partial charge in [0.1, 0.15) is 5.82 Å². The molecule has 0 atom stereocenters. The van der Waals surface area contributed by atoms with Gasteiger partial charge in [-0.1, -0.05) is 0 Å². The zero-order chi connectivity index (χ0) is 11.6. The number of rotatable bonds is 3. The summed E-state index contributed by atoms with van der Waals surface area (Å²) >= 11 is 0. The highest BCUT2D eigenvalue weighted by Gasteiger charge is 2.10. The van der Waals surface area contributed by atoms with E-state index in [1.807, 2.05) is 0 Å². The standard InChI is InChI=1S/C8H9FNO4S/c1-15(13,14)5-6-4-7(10(11)12)2-3-8(6)9/h2-4,11H,5H2,1H3/q-1. The van der Waals surface area contributed by atoms with Gasteiger partial charge in [-0.2, -0.15) is 0 Å². The summed E-state index contributed by atoms with van der Waals surface area (Å²) in [5, 5.41) is 18.6. The third kappa shape index (κ3) is 3.46. The summed E-state index contributed by atoms with van der Waals surface area (Å²) in [6.07, 6.45) is 0.951. The van der Waals surface area contributed by atoms with Gasteiger partial charge in [0.25, 0.3) is 0 Å². The second kappa shape index (κ2) is 4.13. The first-order valence-corrected chi connectivity index (χ1v) is 5.98. The van der Waals surface area contributed by atoms with Crippen LogP contribution in [0.25, 0.3) is 0 Å². The molecule has 0 aliphatic heterocycles. The second-order valence-corrected chi connectivity index (χ2v) is 5.26. The molecule has 0 saturated heterocycles. The zero-order valence-corrected chi connectivity index (χ0v) is 8.66. The summed E-state index contributed by atoms with van der Waals surface area (Å²) in [5.74, 6) is -1.24. The van der Waals surface area contributed by atoms with Crippen LogP contribution in [-0.4, -0.2) is 19.9 Å². The molecule has 1 rings (SSSR count). The average Bonchev–Trinajstić information content (AvgIpc) is 2.06. The number of hydrogen-bond acceptors (Lipinski definition) is 5. The lowest BCUT2D eigenvalue weighted by Crippen LogP contribution is -2.09. The summed E-state index contributed by atoms with van der Waals surface area (Å²) in [4.78, 5) is 0. The van der Waals surface area contributed by atoms with E-state index in [1.165, 1.54) is 0 Å². The number of halogens is 1. The molecule has 0 unspecified atom stereocenters. The number of nitrogens with zero attached hydrogens (tertiary/aromatic N) is 1. The van der Waals surface area contributed by atoms with Gasteiger partial charge in [0.2, 0.25) is 0 Å². The average molecular weight is 234 g/mol. The first-order chi connectivity index (χ1) is 6.79. The van der Waals surface area contributed by atoms with E-state index in [1.54, 1.807) is 0 Å². The molecule has 0 bridgehead atoms. The van der Waals surface area contributed by atoms with Gasteiger partial charge in [-0.05, 0) is 18.2 Å². The first-order valence-electron chi connectivity index (χ1n) is 3.92. The lowest BCUT2D eigenvalue weighted by Gasteiger charge is -2.22. The molecule has 1 N–H and O–H groups in total. The molecule has 0 radical (unpaired) electrons. The van der Waals surface area contributed by atoms with Gasteiger partial charge in [0, 0.05) is 11.8 Å². The molecule has 0 heterocycles. The van der Waals surface area contributed by atoms with Crippen molar-refractivity contribution in [2.45, 2.75) is 5.75 Å². The summed E-state index contributed by atoms with van der Waals surface area (Å²) < 4.78 is 34.9. The summed E-state index contributed by atoms with van der Waals surface area (Å²) in [7, 11) is -3.38. The van der Waals surface area contributed by atoms with Crippen LogP contribution in [0, 0.1) is 11.0 Å². The highest BCUT2D eigenvalue weighted by molar-refractivity contribution is 7.89. The Kier molecular flexibility index (Phi) is 3.28. The van der Waals surface area contributed by atoms with Crippen molar-refractivity contribution in [1.82, 2.24) is 0 Å². The van der Waals surface area contributed by atoms with Crippen LogP contribution in [0.2, 0.25) is 0 Å². The van der Waals surface area contributed by atoms with Gasteiger partial charge in [0.05, 0.1) is 11.4 Å². The number of benzene rings is 1. The number of hydrogen-bond donors (Lipinski definition) is 1. The Morgan fingerprint density at radius 1 is 1.53 bits per heavy atom. The fraction of sp³-hybridized carbons (Fsp3) is 0.250. The van der Waals surface area contributed by atoms with Gasteiger partial charge < -0.3 is 10.4 Å². The van der Waals surface area contributed by atoms with E-state index in [4.69, 9.17) is 5.21 Å². The van der Waals surface area contributed by atoms with Crippen molar-refractivity contribution < 1.29 is 18.0 Å². The number of sulfone groups is 1. The Morgan fingerprint density at radius 2 is 2.13 bits per heavy atom. The van der Waals surface area contributed by atoms with E-state index < -0.39 is 26.6 Å². The predicted molar refractivity (Wildman–Crippen MR) is 52.6 cm³/mol. The molecule has 0 spiro atoms. The lowest BCUT2D eigenvalue weighted by atomic mass is 10.2. The van der Waals surface area contributed by atoms with E-state index in [2.05, 4.69) is 0 Å². The molecule has 0 fully saturated rings. The normalized spacial score (nSPS) is 11.5. The molecule has 0 saturated carbocycles. The van der Waals surface area contributed by atoms with Gasteiger partial charge in [-0.3, -0.25) is 5.21 Å². The molecule has 0 aliphatic rings. The van der Waals surface area contributed by atoms with E-state index in [0.29, 0.717) is 0 Å². The van der Waals surface area contributed by atoms with Crippen molar-refractivity contribution in [1.29, 1.82) is 0 Å². The number of anilines is 1. The molecule has 1 aromatic carbocycles. The van der Waals surface area contributed by atoms with Crippen LogP contribution in [0.4, 0.5) is 10.1 Å². The van der Waals surface area contributed by atoms with Crippen LogP contribution < -0.4 is 5.23 Å². The van der Waals surface area contributed by atoms with Crippen LogP contribution in [0.3, 0.4) is 0 Å². The Bertz CT molecular complexity index is 458. The SMILES string of the molecule is CS(=O)(=O)Cc1cc(N([O-])O)ccc1F. The molecule has 7 heteroatoms. The van der Waals surface area contributed by atoms with Crippen molar-refractivity contribution in [3.63, 3.8) is 0 Å². The smallest absolute Gasteiger partial charge is 0.151 e. The Labute approximate surface area is 86.2 Å². The largest absolute Gasteiger partial charge is 0.733 e. The van der Waals surface area contributed by atoms with Crippen LogP contribution >= 0.6 is 0 Å². The van der Waals surface area contributed by atoms with Crippen molar-refractivity contribution in [2.24, 2.45) is 0 Å². The fourth-order valence-electron chi connectivity index (χ4n) is 1.07. The zero-order valence-electron chi connectivity index (χ0n) is 7.84. The Balaban J connectivity index is 3.11. The minimum Gasteiger partial charge on any atom is -0.733 e. The molecule has 15 heavy (non-hydrogen) atoms. The highest BCUT2D eigenvalue weighted by Crippen LogP contribution is 2.18. The molecule has 1 aromatic rings. The monoisotopic (exact) mass is 234 g/mol. The fourth-order valence-corrected chi connectivity index (χ4v) is 1.86. The maximum Gasteiger partial charge on any atom is 0.151 e. The summed E-state index contributed by atoms with van der Waals surface area (Å²) in [5.41, 5.74) is -0.361. The van der Waals surface area contributed by atoms with Gasteiger partial charge in [0.15, 0.2) is 9.84 Å². The third-order valence-corrected chi connectivity index (χ3v) is 2.50. The molecule has 5 nitrogen and oxygen atoms in total. The minimum absolute atomic E-state index is 0.148. The van der Waals surface area contributed by atoms with Gasteiger partial charge in [-0.15, -0.1) is 0 Å². The third-order valence-electron chi connectivity index (χ3n) is 1.67. The molecule has 0 aromatic heterocycles. The van der Waals surface area contributed by atoms with E-state index in [-0.39, 0.29) is 11.3 Å². The molecule has 0 amide bonds. The molecular weight excluding hydrogens is 225 g/mol. The van der Waals surface area contributed by atoms with Gasteiger partial charge >= 0.3 is 0 Å². The predicted octanol–water partition coefficient (Wildman–Crippen LogP) is 1.06. The van der Waals surface area contributed by atoms with Crippen molar-refractivity contribution in [2.75, 3.05) is 11.5 Å². The molecule has 0 aliphatic carbocycles. The topological polar surface area (TPSA) is 80.7 Å². The summed E-state index contributed by atoms with van der Waals surface area (Å²) in [6, 6.07) is 2.97. The first kappa shape index (κ1) is 11.9.